The fourth-order valence-corrected chi connectivity index (χ4v) is 4.84. The molecule has 1 aliphatic carbocycles. The quantitative estimate of drug-likeness (QED) is 0.308. The van der Waals surface area contributed by atoms with Gasteiger partial charge in [-0.1, -0.05) is 5.16 Å². The number of benzene rings is 1. The van der Waals surface area contributed by atoms with Crippen LogP contribution in [0.1, 0.15) is 41.7 Å². The van der Waals surface area contributed by atoms with Gasteiger partial charge in [0.15, 0.2) is 0 Å². The van der Waals surface area contributed by atoms with Crippen molar-refractivity contribution in [3.05, 3.63) is 41.2 Å². The van der Waals surface area contributed by atoms with Crippen LogP contribution in [0.15, 0.2) is 22.7 Å². The SMILES string of the molecule is COCCn1nc(C2CC2)cc1Nc1nc(C)nc2[nH]c3cc(-c4c(C)noc4C)c(OC)cc3c12. The lowest BCUT2D eigenvalue weighted by atomic mass is 10.0. The maximum atomic E-state index is 5.81. The predicted octanol–water partition coefficient (Wildman–Crippen LogP) is 5.16. The number of aromatic nitrogens is 6. The lowest BCUT2D eigenvalue weighted by Gasteiger charge is -2.11. The molecule has 0 unspecified atom stereocenters. The van der Waals surface area contributed by atoms with Gasteiger partial charge >= 0.3 is 0 Å². The Morgan fingerprint density at radius 2 is 1.97 bits per heavy atom. The average molecular weight is 488 g/mol. The summed E-state index contributed by atoms with van der Waals surface area (Å²) in [5, 5.41) is 14.4. The minimum Gasteiger partial charge on any atom is -0.496 e. The molecule has 2 N–H and O–H groups in total. The summed E-state index contributed by atoms with van der Waals surface area (Å²) in [5.74, 6) is 4.29. The van der Waals surface area contributed by atoms with Crippen molar-refractivity contribution in [1.82, 2.24) is 29.9 Å². The topological polar surface area (TPSA) is 116 Å². The highest BCUT2D eigenvalue weighted by Crippen LogP contribution is 2.42. The molecule has 1 fully saturated rings. The fourth-order valence-electron chi connectivity index (χ4n) is 4.84. The van der Waals surface area contributed by atoms with E-state index in [4.69, 9.17) is 29.1 Å². The molecule has 4 aromatic heterocycles. The number of H-pyrrole nitrogens is 1. The third-order valence-corrected chi connectivity index (χ3v) is 6.73. The Labute approximate surface area is 208 Å². The predicted molar refractivity (Wildman–Crippen MR) is 137 cm³/mol. The number of fused-ring (bicyclic) bond motifs is 3. The summed E-state index contributed by atoms with van der Waals surface area (Å²) >= 11 is 0. The first kappa shape index (κ1) is 22.5. The minimum atomic E-state index is 0.543. The van der Waals surface area contributed by atoms with Crippen LogP contribution in [0.3, 0.4) is 0 Å². The van der Waals surface area contributed by atoms with Gasteiger partial charge in [-0.3, -0.25) is 0 Å². The van der Waals surface area contributed by atoms with Crippen molar-refractivity contribution in [2.45, 2.75) is 46.1 Å². The summed E-state index contributed by atoms with van der Waals surface area (Å²) in [6.07, 6.45) is 2.38. The van der Waals surface area contributed by atoms with E-state index in [2.05, 4.69) is 27.6 Å². The van der Waals surface area contributed by atoms with Gasteiger partial charge in [-0.2, -0.15) is 5.10 Å². The van der Waals surface area contributed by atoms with E-state index in [9.17, 15) is 0 Å². The molecule has 1 saturated carbocycles. The van der Waals surface area contributed by atoms with Gasteiger partial charge in [0.1, 0.15) is 34.6 Å². The van der Waals surface area contributed by atoms with E-state index in [0.29, 0.717) is 24.9 Å². The number of ether oxygens (including phenoxy) is 2. The third-order valence-electron chi connectivity index (χ3n) is 6.73. The van der Waals surface area contributed by atoms with Gasteiger partial charge in [-0.15, -0.1) is 0 Å². The van der Waals surface area contributed by atoms with E-state index >= 15 is 0 Å². The van der Waals surface area contributed by atoms with Crippen molar-refractivity contribution in [3.8, 4) is 16.9 Å². The number of methoxy groups -OCH3 is 2. The third kappa shape index (κ3) is 3.78. The molecular formula is C26H29N7O3. The van der Waals surface area contributed by atoms with Crippen LogP contribution in [0, 0.1) is 20.8 Å². The summed E-state index contributed by atoms with van der Waals surface area (Å²) in [5.41, 5.74) is 5.45. The maximum absolute atomic E-state index is 5.81. The minimum absolute atomic E-state index is 0.543. The summed E-state index contributed by atoms with van der Waals surface area (Å²) in [6.45, 7) is 6.96. The molecule has 10 heteroatoms. The van der Waals surface area contributed by atoms with E-state index < -0.39 is 0 Å². The van der Waals surface area contributed by atoms with Gasteiger partial charge in [-0.25, -0.2) is 14.6 Å². The maximum Gasteiger partial charge on any atom is 0.145 e. The van der Waals surface area contributed by atoms with E-state index in [1.54, 1.807) is 14.2 Å². The molecule has 0 saturated heterocycles. The van der Waals surface area contributed by atoms with Gasteiger partial charge in [0.25, 0.3) is 0 Å². The smallest absolute Gasteiger partial charge is 0.145 e. The number of nitrogens with zero attached hydrogens (tertiary/aromatic N) is 5. The molecule has 0 radical (unpaired) electrons. The van der Waals surface area contributed by atoms with Crippen LogP contribution in [0.4, 0.5) is 11.6 Å². The van der Waals surface area contributed by atoms with Crippen LogP contribution < -0.4 is 10.1 Å². The highest BCUT2D eigenvalue weighted by molar-refractivity contribution is 6.13. The van der Waals surface area contributed by atoms with Crippen molar-refractivity contribution in [2.75, 3.05) is 26.1 Å². The lowest BCUT2D eigenvalue weighted by Crippen LogP contribution is -2.10. The largest absolute Gasteiger partial charge is 0.496 e. The summed E-state index contributed by atoms with van der Waals surface area (Å²) in [4.78, 5) is 13.0. The molecule has 1 aliphatic rings. The van der Waals surface area contributed by atoms with Crippen molar-refractivity contribution < 1.29 is 14.0 Å². The number of nitrogens with one attached hydrogen (secondary N) is 2. The van der Waals surface area contributed by atoms with Crippen LogP contribution in [-0.2, 0) is 11.3 Å². The van der Waals surface area contributed by atoms with Crippen LogP contribution in [-0.4, -0.2) is 50.7 Å². The zero-order chi connectivity index (χ0) is 25.0. The highest BCUT2D eigenvalue weighted by atomic mass is 16.5. The zero-order valence-corrected chi connectivity index (χ0v) is 21.1. The molecule has 0 aliphatic heterocycles. The van der Waals surface area contributed by atoms with Gasteiger partial charge in [0.2, 0.25) is 0 Å². The van der Waals surface area contributed by atoms with Crippen LogP contribution >= 0.6 is 0 Å². The van der Waals surface area contributed by atoms with E-state index in [0.717, 1.165) is 67.6 Å². The van der Waals surface area contributed by atoms with Crippen LogP contribution in [0.2, 0.25) is 0 Å². The number of aromatic amines is 1. The highest BCUT2D eigenvalue weighted by Gasteiger charge is 2.28. The van der Waals surface area contributed by atoms with Crippen molar-refractivity contribution >= 4 is 33.6 Å². The number of aryl methyl sites for hydroxylation is 3. The molecule has 186 valence electrons. The molecule has 10 nitrogen and oxygen atoms in total. The van der Waals surface area contributed by atoms with Gasteiger partial charge in [-0.05, 0) is 45.7 Å². The standard InChI is InChI=1S/C26H29N7O3/c1-13-23(14(2)36-32-13)18-10-20-17(11-21(18)35-5)24-25(29-20)27-15(3)28-26(24)30-22-12-19(16-6-7-16)31-33(22)8-9-34-4/h10-12,16H,6-9H2,1-5H3,(H2,27,28,29,30). The number of anilines is 2. The van der Waals surface area contributed by atoms with Crippen molar-refractivity contribution in [3.63, 3.8) is 0 Å². The Balaban J connectivity index is 1.51. The lowest BCUT2D eigenvalue weighted by molar-refractivity contribution is 0.184. The summed E-state index contributed by atoms with van der Waals surface area (Å²) in [7, 11) is 3.37. The van der Waals surface area contributed by atoms with Crippen LogP contribution in [0.5, 0.6) is 5.75 Å². The van der Waals surface area contributed by atoms with Crippen molar-refractivity contribution in [2.24, 2.45) is 0 Å². The van der Waals surface area contributed by atoms with Gasteiger partial charge in [0.05, 0.1) is 42.6 Å². The van der Waals surface area contributed by atoms with E-state index in [1.807, 2.05) is 31.5 Å². The first-order valence-corrected chi connectivity index (χ1v) is 12.1. The molecular weight excluding hydrogens is 458 g/mol. The molecule has 6 rings (SSSR count). The first-order chi connectivity index (χ1) is 17.5. The van der Waals surface area contributed by atoms with E-state index in [1.165, 1.54) is 12.8 Å². The first-order valence-electron chi connectivity index (χ1n) is 12.1. The monoisotopic (exact) mass is 487 g/mol. The number of hydrogen-bond donors (Lipinski definition) is 2. The second-order valence-corrected chi connectivity index (χ2v) is 9.33. The normalized spacial score (nSPS) is 13.7. The molecule has 4 heterocycles. The Morgan fingerprint density at radius 1 is 1.14 bits per heavy atom. The van der Waals surface area contributed by atoms with Gasteiger partial charge in [0, 0.05) is 35.6 Å². The van der Waals surface area contributed by atoms with Gasteiger partial charge < -0.3 is 24.3 Å². The second kappa shape index (κ2) is 8.63. The van der Waals surface area contributed by atoms with Crippen molar-refractivity contribution in [1.29, 1.82) is 0 Å². The summed E-state index contributed by atoms with van der Waals surface area (Å²) < 4.78 is 18.5. The molecule has 5 aromatic rings. The Kier molecular flexibility index (Phi) is 5.40. The molecule has 0 atom stereocenters. The zero-order valence-electron chi connectivity index (χ0n) is 21.1. The second-order valence-electron chi connectivity index (χ2n) is 9.33. The Hall–Kier alpha value is -3.92. The fraction of sp³-hybridized carbons (Fsp3) is 0.385. The summed E-state index contributed by atoms with van der Waals surface area (Å²) in [6, 6.07) is 6.22. The Bertz CT molecular complexity index is 1570. The molecule has 1 aromatic carbocycles. The number of rotatable bonds is 8. The number of hydrogen-bond acceptors (Lipinski definition) is 8. The molecule has 36 heavy (non-hydrogen) atoms. The molecule has 0 spiro atoms. The van der Waals surface area contributed by atoms with E-state index in [-0.39, 0.29) is 0 Å². The molecule has 0 bridgehead atoms. The Morgan fingerprint density at radius 3 is 2.67 bits per heavy atom. The van der Waals surface area contributed by atoms with Crippen LogP contribution in [0.25, 0.3) is 33.1 Å². The molecule has 0 amide bonds. The average Bonchev–Trinajstić information content (AvgIpc) is 3.42.